The maximum absolute atomic E-state index is 12.3. The third-order valence-corrected chi connectivity index (χ3v) is 6.87. The lowest BCUT2D eigenvalue weighted by Gasteiger charge is -2.05. The maximum atomic E-state index is 12.3. The van der Waals surface area contributed by atoms with Gasteiger partial charge in [0.05, 0.1) is 0 Å². The quantitative estimate of drug-likeness (QED) is 0.211. The lowest BCUT2D eigenvalue weighted by Crippen LogP contribution is -2.12. The molecule has 0 unspecified atom stereocenters. The first-order valence-corrected chi connectivity index (χ1v) is 12.8. The fraction of sp³-hybridized carbons (Fsp3) is 0.217. The van der Waals surface area contributed by atoms with Crippen LogP contribution in [-0.4, -0.2) is 37.9 Å². The molecule has 0 spiro atoms. The lowest BCUT2D eigenvalue weighted by atomic mass is 10.2. The van der Waals surface area contributed by atoms with Crippen LogP contribution in [0.25, 0.3) is 11.4 Å². The zero-order chi connectivity index (χ0) is 24.6. The number of benzene rings is 2. The van der Waals surface area contributed by atoms with Crippen LogP contribution in [-0.2, 0) is 16.0 Å². The molecule has 12 heteroatoms. The van der Waals surface area contributed by atoms with Gasteiger partial charge in [0.2, 0.25) is 28.7 Å². The minimum Gasteiger partial charge on any atom is -0.339 e. The smallest absolute Gasteiger partial charge is 0.227 e. The summed E-state index contributed by atoms with van der Waals surface area (Å²) >= 11 is 8.56. The molecule has 0 saturated heterocycles. The number of carbonyl (C=O) groups is 2. The van der Waals surface area contributed by atoms with Gasteiger partial charge < -0.3 is 15.2 Å². The van der Waals surface area contributed by atoms with Crippen LogP contribution in [0.5, 0.6) is 0 Å². The predicted molar refractivity (Wildman–Crippen MR) is 137 cm³/mol. The number of nitrogens with one attached hydrogen (secondary N) is 2. The normalized spacial score (nSPS) is 10.8. The van der Waals surface area contributed by atoms with E-state index in [1.165, 1.54) is 23.1 Å². The van der Waals surface area contributed by atoms with Crippen molar-refractivity contribution in [3.8, 4) is 11.4 Å². The Bertz CT molecular complexity index is 1310. The monoisotopic (exact) mass is 528 g/mol. The van der Waals surface area contributed by atoms with Gasteiger partial charge in [0.25, 0.3) is 0 Å². The minimum absolute atomic E-state index is 0.0682. The van der Waals surface area contributed by atoms with Crippen LogP contribution in [0.1, 0.15) is 24.3 Å². The van der Waals surface area contributed by atoms with Crippen molar-refractivity contribution in [1.82, 2.24) is 20.3 Å². The summed E-state index contributed by atoms with van der Waals surface area (Å²) in [5, 5.41) is 18.6. The fourth-order valence-electron chi connectivity index (χ4n) is 2.97. The number of amides is 2. The molecule has 0 radical (unpaired) electrons. The van der Waals surface area contributed by atoms with E-state index in [9.17, 15) is 9.59 Å². The molecule has 2 aromatic carbocycles. The van der Waals surface area contributed by atoms with Crippen molar-refractivity contribution in [2.75, 3.05) is 16.4 Å². The number of carbonyl (C=O) groups excluding carboxylic acids is 2. The molecule has 4 rings (SSSR count). The number of rotatable bonds is 10. The Morgan fingerprint density at radius 1 is 1.06 bits per heavy atom. The molecular weight excluding hydrogens is 508 g/mol. The van der Waals surface area contributed by atoms with Gasteiger partial charge in [-0.1, -0.05) is 52.0 Å². The van der Waals surface area contributed by atoms with Crippen LogP contribution in [0.15, 0.2) is 57.4 Å². The van der Waals surface area contributed by atoms with Gasteiger partial charge in [-0.3, -0.25) is 9.59 Å². The number of aryl methyl sites for hydroxylation is 2. The molecule has 0 aliphatic rings. The van der Waals surface area contributed by atoms with E-state index in [4.69, 9.17) is 16.1 Å². The van der Waals surface area contributed by atoms with Gasteiger partial charge in [-0.2, -0.15) is 4.98 Å². The first kappa shape index (κ1) is 24.8. The van der Waals surface area contributed by atoms with Crippen molar-refractivity contribution in [1.29, 1.82) is 0 Å². The Kier molecular flexibility index (Phi) is 8.45. The highest BCUT2D eigenvalue weighted by molar-refractivity contribution is 8.01. The molecular formula is C23H21ClN6O3S2. The van der Waals surface area contributed by atoms with Crippen LogP contribution in [0.4, 0.5) is 10.8 Å². The molecule has 9 nitrogen and oxygen atoms in total. The summed E-state index contributed by atoms with van der Waals surface area (Å²) < 4.78 is 5.90. The fourth-order valence-corrected chi connectivity index (χ4v) is 4.87. The zero-order valence-electron chi connectivity index (χ0n) is 18.7. The summed E-state index contributed by atoms with van der Waals surface area (Å²) in [7, 11) is 0. The predicted octanol–water partition coefficient (Wildman–Crippen LogP) is 5.24. The molecule has 0 atom stereocenters. The number of aromatic nitrogens is 4. The second-order valence-corrected chi connectivity index (χ2v) is 10.2. The maximum Gasteiger partial charge on any atom is 0.227 e. The molecule has 180 valence electrons. The molecule has 2 heterocycles. The van der Waals surface area contributed by atoms with Crippen molar-refractivity contribution in [3.05, 3.63) is 65.0 Å². The van der Waals surface area contributed by atoms with E-state index in [-0.39, 0.29) is 18.2 Å². The highest BCUT2D eigenvalue weighted by Gasteiger charge is 2.13. The number of anilines is 2. The highest BCUT2D eigenvalue weighted by Crippen LogP contribution is 2.26. The Hall–Kier alpha value is -3.28. The van der Waals surface area contributed by atoms with Crippen molar-refractivity contribution < 1.29 is 14.1 Å². The molecule has 0 fully saturated rings. The average Bonchev–Trinajstić information content (AvgIpc) is 3.48. The number of hydrogen-bond donors (Lipinski definition) is 2. The Morgan fingerprint density at radius 2 is 1.86 bits per heavy atom. The van der Waals surface area contributed by atoms with Crippen LogP contribution < -0.4 is 10.6 Å². The van der Waals surface area contributed by atoms with Gasteiger partial charge in [0.15, 0.2) is 4.34 Å². The highest BCUT2D eigenvalue weighted by atomic mass is 35.5. The summed E-state index contributed by atoms with van der Waals surface area (Å²) in [5.41, 5.74) is 2.64. The van der Waals surface area contributed by atoms with Gasteiger partial charge >= 0.3 is 0 Å². The molecule has 0 aliphatic heterocycles. The molecule has 2 aromatic heterocycles. The van der Waals surface area contributed by atoms with E-state index in [0.717, 1.165) is 16.8 Å². The van der Waals surface area contributed by atoms with E-state index in [1.54, 1.807) is 24.3 Å². The number of halogens is 1. The third kappa shape index (κ3) is 7.61. The summed E-state index contributed by atoms with van der Waals surface area (Å²) in [6.45, 7) is 1.97. The van der Waals surface area contributed by atoms with E-state index < -0.39 is 0 Å². The second-order valence-electron chi connectivity index (χ2n) is 7.46. The molecule has 0 saturated carbocycles. The second kappa shape index (κ2) is 11.9. The largest absolute Gasteiger partial charge is 0.339 e. The average molecular weight is 529 g/mol. The van der Waals surface area contributed by atoms with Crippen molar-refractivity contribution in [3.63, 3.8) is 0 Å². The first-order valence-electron chi connectivity index (χ1n) is 10.7. The number of thioether (sulfide) groups is 1. The van der Waals surface area contributed by atoms with Crippen LogP contribution in [0.3, 0.4) is 0 Å². The minimum atomic E-state index is -0.235. The van der Waals surface area contributed by atoms with Gasteiger partial charge in [0, 0.05) is 41.3 Å². The summed E-state index contributed by atoms with van der Waals surface area (Å²) in [6.07, 6.45) is 0.786. The topological polar surface area (TPSA) is 123 Å². The van der Waals surface area contributed by atoms with Crippen LogP contribution >= 0.6 is 34.7 Å². The number of nitrogens with zero attached hydrogens (tertiary/aromatic N) is 4. The van der Waals surface area contributed by atoms with Crippen LogP contribution in [0, 0.1) is 6.92 Å². The third-order valence-electron chi connectivity index (χ3n) is 4.65. The SMILES string of the molecule is Cc1cccc(NC(=O)CCSc2nnc(NC(=O)CCc3nc(-c4ccc(Cl)cc4)no3)s2)c1. The molecule has 2 amide bonds. The summed E-state index contributed by atoms with van der Waals surface area (Å²) in [4.78, 5) is 28.7. The number of hydrogen-bond acceptors (Lipinski definition) is 9. The molecule has 2 N–H and O–H groups in total. The van der Waals surface area contributed by atoms with Crippen molar-refractivity contribution in [2.45, 2.75) is 30.5 Å². The van der Waals surface area contributed by atoms with E-state index in [1.807, 2.05) is 31.2 Å². The Morgan fingerprint density at radius 3 is 2.66 bits per heavy atom. The van der Waals surface area contributed by atoms with Gasteiger partial charge in [-0.15, -0.1) is 10.2 Å². The van der Waals surface area contributed by atoms with Gasteiger partial charge in [-0.05, 0) is 48.9 Å². The van der Waals surface area contributed by atoms with E-state index in [0.29, 0.717) is 44.8 Å². The van der Waals surface area contributed by atoms with Crippen molar-refractivity contribution >= 4 is 57.3 Å². The molecule has 4 aromatic rings. The van der Waals surface area contributed by atoms with Crippen molar-refractivity contribution in [2.24, 2.45) is 0 Å². The molecule has 35 heavy (non-hydrogen) atoms. The lowest BCUT2D eigenvalue weighted by molar-refractivity contribution is -0.116. The van der Waals surface area contributed by atoms with E-state index >= 15 is 0 Å². The van der Waals surface area contributed by atoms with Crippen LogP contribution in [0.2, 0.25) is 5.02 Å². The summed E-state index contributed by atoms with van der Waals surface area (Å²) in [6, 6.07) is 14.7. The van der Waals surface area contributed by atoms with Gasteiger partial charge in [0.1, 0.15) is 0 Å². The first-order chi connectivity index (χ1) is 16.9. The standard InChI is InChI=1S/C23H21ClN6O3S2/c1-14-3-2-4-17(13-14)25-19(32)11-12-34-23-29-28-22(35-23)26-18(31)9-10-20-27-21(30-33-20)15-5-7-16(24)8-6-15/h2-8,13H,9-12H2,1H3,(H,25,32)(H,26,28,31). The summed E-state index contributed by atoms with van der Waals surface area (Å²) in [5.74, 6) is 1.05. The Labute approximate surface area is 214 Å². The Balaban J connectivity index is 1.18. The zero-order valence-corrected chi connectivity index (χ0v) is 21.0. The molecule has 0 aliphatic carbocycles. The van der Waals surface area contributed by atoms with E-state index in [2.05, 4.69) is 31.0 Å². The van der Waals surface area contributed by atoms with Gasteiger partial charge in [-0.25, -0.2) is 0 Å². The molecule has 0 bridgehead atoms.